The number of fused-ring (bicyclic) bond motifs is 1. The zero-order chi connectivity index (χ0) is 26.0. The quantitative estimate of drug-likeness (QED) is 0.435. The molecule has 0 saturated carbocycles. The second-order valence-corrected chi connectivity index (χ2v) is 8.02. The molecule has 0 fully saturated rings. The molecule has 0 spiro atoms. The van der Waals surface area contributed by atoms with Gasteiger partial charge < -0.3 is 15.1 Å². The molecule has 0 saturated heterocycles. The first-order valence-corrected chi connectivity index (χ1v) is 11.0. The molecular formula is C25H20F3N3O5. The number of alkyl halides is 3. The summed E-state index contributed by atoms with van der Waals surface area (Å²) < 4.78 is 46.1. The number of hydrogen-bond acceptors (Lipinski definition) is 5. The van der Waals surface area contributed by atoms with Crippen molar-refractivity contribution in [2.75, 3.05) is 17.2 Å². The highest BCUT2D eigenvalue weighted by Gasteiger charge is 2.37. The molecule has 0 bridgehead atoms. The van der Waals surface area contributed by atoms with Crippen molar-refractivity contribution >= 4 is 35.0 Å². The molecule has 1 aliphatic rings. The fraction of sp³-hybridized carbons (Fsp3) is 0.200. The third-order valence-electron chi connectivity index (χ3n) is 5.54. The number of unbranched alkanes of at least 4 members (excludes halogenated alkanes) is 1. The first-order chi connectivity index (χ1) is 17.1. The number of rotatable bonds is 7. The van der Waals surface area contributed by atoms with Gasteiger partial charge in [0, 0.05) is 17.8 Å². The van der Waals surface area contributed by atoms with Crippen LogP contribution in [0, 0.1) is 0 Å². The summed E-state index contributed by atoms with van der Waals surface area (Å²) in [7, 11) is 0. The predicted molar refractivity (Wildman–Crippen MR) is 123 cm³/mol. The summed E-state index contributed by atoms with van der Waals surface area (Å²) in [6.07, 6.45) is -2.21. The average molecular weight is 499 g/mol. The van der Waals surface area contributed by atoms with Crippen LogP contribution in [0.1, 0.15) is 67.0 Å². The minimum Gasteiger partial charge on any atom is -0.459 e. The molecular weight excluding hydrogens is 479 g/mol. The van der Waals surface area contributed by atoms with Crippen LogP contribution in [0.4, 0.5) is 24.5 Å². The molecule has 0 unspecified atom stereocenters. The van der Waals surface area contributed by atoms with Crippen molar-refractivity contribution in [3.05, 3.63) is 82.8 Å². The number of imide groups is 1. The lowest BCUT2D eigenvalue weighted by Crippen LogP contribution is -2.30. The molecule has 4 rings (SSSR count). The van der Waals surface area contributed by atoms with Crippen LogP contribution in [0.5, 0.6) is 0 Å². The molecule has 36 heavy (non-hydrogen) atoms. The number of amides is 4. The van der Waals surface area contributed by atoms with Crippen molar-refractivity contribution < 1.29 is 36.8 Å². The lowest BCUT2D eigenvalue weighted by Gasteiger charge is -2.16. The molecule has 0 radical (unpaired) electrons. The van der Waals surface area contributed by atoms with Crippen molar-refractivity contribution in [2.45, 2.75) is 25.9 Å². The molecule has 186 valence electrons. The number of benzene rings is 2. The number of nitrogens with zero attached hydrogens (tertiary/aromatic N) is 1. The number of anilines is 2. The zero-order valence-electron chi connectivity index (χ0n) is 18.9. The lowest BCUT2D eigenvalue weighted by molar-refractivity contribution is -0.136. The largest absolute Gasteiger partial charge is 0.459 e. The van der Waals surface area contributed by atoms with Gasteiger partial charge in [-0.05, 0) is 55.0 Å². The number of carbonyl (C=O) groups is 4. The Labute approximate surface area is 203 Å². The smallest absolute Gasteiger partial charge is 0.418 e. The molecule has 4 amide bonds. The molecule has 8 nitrogen and oxygen atoms in total. The summed E-state index contributed by atoms with van der Waals surface area (Å²) in [5.74, 6) is -2.75. The van der Waals surface area contributed by atoms with E-state index < -0.39 is 41.1 Å². The van der Waals surface area contributed by atoms with Crippen LogP contribution in [0.2, 0.25) is 0 Å². The van der Waals surface area contributed by atoms with E-state index >= 15 is 0 Å². The van der Waals surface area contributed by atoms with Gasteiger partial charge in [-0.1, -0.05) is 13.3 Å². The first kappa shape index (κ1) is 24.7. The van der Waals surface area contributed by atoms with Gasteiger partial charge in [0.2, 0.25) is 0 Å². The highest BCUT2D eigenvalue weighted by Crippen LogP contribution is 2.37. The summed E-state index contributed by atoms with van der Waals surface area (Å²) in [4.78, 5) is 51.1. The van der Waals surface area contributed by atoms with Crippen molar-refractivity contribution in [3.63, 3.8) is 0 Å². The van der Waals surface area contributed by atoms with E-state index in [4.69, 9.17) is 4.42 Å². The molecule has 2 heterocycles. The monoisotopic (exact) mass is 499 g/mol. The Morgan fingerprint density at radius 3 is 2.36 bits per heavy atom. The second kappa shape index (κ2) is 9.68. The Kier molecular flexibility index (Phi) is 6.65. The Balaban J connectivity index is 1.57. The third-order valence-corrected chi connectivity index (χ3v) is 5.54. The summed E-state index contributed by atoms with van der Waals surface area (Å²) in [6, 6.07) is 9.48. The van der Waals surface area contributed by atoms with Crippen LogP contribution in [-0.4, -0.2) is 35.1 Å². The van der Waals surface area contributed by atoms with E-state index in [1.54, 1.807) is 0 Å². The number of hydrogen-bond donors (Lipinski definition) is 2. The van der Waals surface area contributed by atoms with E-state index in [2.05, 4.69) is 10.6 Å². The Morgan fingerprint density at radius 1 is 0.944 bits per heavy atom. The van der Waals surface area contributed by atoms with Crippen LogP contribution in [-0.2, 0) is 6.18 Å². The molecule has 11 heteroatoms. The highest BCUT2D eigenvalue weighted by molar-refractivity contribution is 6.22. The highest BCUT2D eigenvalue weighted by atomic mass is 19.4. The number of furan rings is 1. The van der Waals surface area contributed by atoms with Gasteiger partial charge >= 0.3 is 6.18 Å². The maximum atomic E-state index is 13.7. The van der Waals surface area contributed by atoms with Gasteiger partial charge in [0.15, 0.2) is 5.76 Å². The number of halogens is 3. The van der Waals surface area contributed by atoms with Gasteiger partial charge in [0.25, 0.3) is 23.6 Å². The number of nitrogens with one attached hydrogen (secondary N) is 2. The lowest BCUT2D eigenvalue weighted by atomic mass is 10.0. The van der Waals surface area contributed by atoms with Crippen molar-refractivity contribution in [1.29, 1.82) is 0 Å². The molecule has 1 aliphatic heterocycles. The fourth-order valence-electron chi connectivity index (χ4n) is 3.71. The Morgan fingerprint density at radius 2 is 1.69 bits per heavy atom. The SMILES string of the molecule is CCCCN1C(=O)c2ccc(C(=O)Nc3ccc(NC(=O)c4ccco4)cc3C(F)(F)F)cc2C1=O. The molecule has 1 aromatic heterocycles. The minimum atomic E-state index is -4.85. The molecule has 2 aromatic carbocycles. The Hall–Kier alpha value is -4.41. The van der Waals surface area contributed by atoms with Gasteiger partial charge in [-0.25, -0.2) is 0 Å². The van der Waals surface area contributed by atoms with E-state index in [0.717, 1.165) is 17.4 Å². The van der Waals surface area contributed by atoms with E-state index in [0.29, 0.717) is 12.5 Å². The van der Waals surface area contributed by atoms with Gasteiger partial charge in [-0.2, -0.15) is 13.2 Å². The molecule has 0 aliphatic carbocycles. The standard InChI is InChI=1S/C25H20F3N3O5/c1-2-3-10-31-23(34)16-8-6-14(12-17(16)24(31)35)21(32)30-19-9-7-15(13-18(19)25(26,27)28)29-22(33)20-5-4-11-36-20/h4-9,11-13H,2-3,10H2,1H3,(H,29,33)(H,30,32). The first-order valence-electron chi connectivity index (χ1n) is 11.0. The summed E-state index contributed by atoms with van der Waals surface area (Å²) in [6.45, 7) is 2.15. The van der Waals surface area contributed by atoms with Gasteiger partial charge in [-0.15, -0.1) is 0 Å². The van der Waals surface area contributed by atoms with Crippen LogP contribution in [0.15, 0.2) is 59.2 Å². The molecule has 3 aromatic rings. The van der Waals surface area contributed by atoms with Crippen LogP contribution in [0.3, 0.4) is 0 Å². The molecule has 0 atom stereocenters. The van der Waals surface area contributed by atoms with E-state index in [1.165, 1.54) is 42.7 Å². The van der Waals surface area contributed by atoms with Crippen molar-refractivity contribution in [3.8, 4) is 0 Å². The van der Waals surface area contributed by atoms with Crippen molar-refractivity contribution in [1.82, 2.24) is 4.90 Å². The fourth-order valence-corrected chi connectivity index (χ4v) is 3.71. The van der Waals surface area contributed by atoms with E-state index in [9.17, 15) is 32.3 Å². The van der Waals surface area contributed by atoms with Gasteiger partial charge in [0.05, 0.1) is 28.6 Å². The normalized spacial score (nSPS) is 13.1. The van der Waals surface area contributed by atoms with Gasteiger partial charge in [0.1, 0.15) is 0 Å². The third kappa shape index (κ3) is 4.85. The average Bonchev–Trinajstić information content (AvgIpc) is 3.46. The summed E-state index contributed by atoms with van der Waals surface area (Å²) in [5.41, 5.74) is -1.82. The predicted octanol–water partition coefficient (Wildman–Crippen LogP) is 5.20. The molecule has 2 N–H and O–H groups in total. The Bertz CT molecular complexity index is 1350. The van der Waals surface area contributed by atoms with Crippen LogP contribution in [0.25, 0.3) is 0 Å². The van der Waals surface area contributed by atoms with Gasteiger partial charge in [-0.3, -0.25) is 24.1 Å². The van der Waals surface area contributed by atoms with E-state index in [-0.39, 0.29) is 34.7 Å². The second-order valence-electron chi connectivity index (χ2n) is 8.02. The van der Waals surface area contributed by atoms with E-state index in [1.807, 2.05) is 6.92 Å². The topological polar surface area (TPSA) is 109 Å². The van der Waals surface area contributed by atoms with Crippen LogP contribution < -0.4 is 10.6 Å². The summed E-state index contributed by atoms with van der Waals surface area (Å²) >= 11 is 0. The number of carbonyl (C=O) groups excluding carboxylic acids is 4. The maximum absolute atomic E-state index is 13.7. The summed E-state index contributed by atoms with van der Waals surface area (Å²) in [5, 5.41) is 4.51. The maximum Gasteiger partial charge on any atom is 0.418 e. The van der Waals surface area contributed by atoms with Crippen LogP contribution >= 0.6 is 0 Å². The zero-order valence-corrected chi connectivity index (χ0v) is 18.9. The minimum absolute atomic E-state index is 0.0239. The van der Waals surface area contributed by atoms with Crippen molar-refractivity contribution in [2.24, 2.45) is 0 Å².